The largest absolute Gasteiger partial charge is 0.285 e. The van der Waals surface area contributed by atoms with E-state index in [9.17, 15) is 0 Å². The first-order valence-corrected chi connectivity index (χ1v) is 5.17. The highest BCUT2D eigenvalue weighted by Gasteiger charge is 2.49. The zero-order valence-corrected chi connectivity index (χ0v) is 7.55. The lowest BCUT2D eigenvalue weighted by molar-refractivity contribution is -0.0477. The second-order valence-corrected chi connectivity index (χ2v) is 4.17. The van der Waals surface area contributed by atoms with Gasteiger partial charge in [-0.05, 0) is 19.3 Å². The summed E-state index contributed by atoms with van der Waals surface area (Å²) in [5.74, 6) is 0.318. The maximum absolute atomic E-state index is 3.69. The van der Waals surface area contributed by atoms with Crippen LogP contribution >= 0.6 is 0 Å². The number of hydrogen-bond acceptors (Lipinski definition) is 3. The standard InChI is InChI=1S/C9H17N3/c1-3-9-10-4-8-12(9)7-2-6-11(9)5-1/h10H,1-8H2. The van der Waals surface area contributed by atoms with Crippen LogP contribution in [0.15, 0.2) is 0 Å². The summed E-state index contributed by atoms with van der Waals surface area (Å²) in [6.45, 7) is 6.38. The van der Waals surface area contributed by atoms with Gasteiger partial charge in [0.15, 0.2) is 0 Å². The molecule has 0 aliphatic carbocycles. The molecule has 3 rings (SSSR count). The average Bonchev–Trinajstić information content (AvgIpc) is 2.63. The molecule has 3 aliphatic rings. The van der Waals surface area contributed by atoms with Gasteiger partial charge in [-0.25, -0.2) is 0 Å². The molecule has 1 spiro atoms. The minimum absolute atomic E-state index is 0.318. The maximum Gasteiger partial charge on any atom is 0.128 e. The predicted molar refractivity (Wildman–Crippen MR) is 47.7 cm³/mol. The lowest BCUT2D eigenvalue weighted by Crippen LogP contribution is -2.63. The molecule has 0 radical (unpaired) electrons. The van der Waals surface area contributed by atoms with Gasteiger partial charge in [-0.2, -0.15) is 0 Å². The van der Waals surface area contributed by atoms with Gasteiger partial charge < -0.3 is 0 Å². The molecule has 0 amide bonds. The Balaban J connectivity index is 1.93. The molecule has 0 aromatic carbocycles. The molecule has 0 bridgehead atoms. The van der Waals surface area contributed by atoms with Gasteiger partial charge in [-0.3, -0.25) is 15.1 Å². The van der Waals surface area contributed by atoms with Crippen molar-refractivity contribution >= 4 is 0 Å². The smallest absolute Gasteiger partial charge is 0.128 e. The Morgan fingerprint density at radius 1 is 0.917 bits per heavy atom. The fourth-order valence-corrected chi connectivity index (χ4v) is 3.15. The van der Waals surface area contributed by atoms with Crippen molar-refractivity contribution in [3.63, 3.8) is 0 Å². The van der Waals surface area contributed by atoms with Crippen LogP contribution in [-0.2, 0) is 0 Å². The fourth-order valence-electron chi connectivity index (χ4n) is 3.15. The molecular formula is C9H17N3. The van der Waals surface area contributed by atoms with Gasteiger partial charge in [0.2, 0.25) is 0 Å². The highest BCUT2D eigenvalue weighted by Crippen LogP contribution is 2.35. The summed E-state index contributed by atoms with van der Waals surface area (Å²) in [7, 11) is 0. The van der Waals surface area contributed by atoms with Gasteiger partial charge in [-0.15, -0.1) is 0 Å². The Morgan fingerprint density at radius 3 is 2.58 bits per heavy atom. The van der Waals surface area contributed by atoms with Crippen molar-refractivity contribution < 1.29 is 0 Å². The molecular weight excluding hydrogens is 150 g/mol. The number of rotatable bonds is 0. The zero-order chi connectivity index (χ0) is 8.02. The van der Waals surface area contributed by atoms with Crippen LogP contribution in [0.3, 0.4) is 0 Å². The van der Waals surface area contributed by atoms with Crippen molar-refractivity contribution in [3.8, 4) is 0 Å². The lowest BCUT2D eigenvalue weighted by atomic mass is 10.1. The normalized spacial score (nSPS) is 43.0. The van der Waals surface area contributed by atoms with E-state index in [2.05, 4.69) is 15.1 Å². The van der Waals surface area contributed by atoms with Crippen LogP contribution in [-0.4, -0.2) is 48.3 Å². The Bertz CT molecular complexity index is 172. The molecule has 3 aliphatic heterocycles. The molecule has 68 valence electrons. The fraction of sp³-hybridized carbons (Fsp3) is 1.00. The number of nitrogens with zero attached hydrogens (tertiary/aromatic N) is 2. The predicted octanol–water partition coefficient (Wildman–Crippen LogP) is 0.0449. The van der Waals surface area contributed by atoms with Gasteiger partial charge in [0, 0.05) is 32.7 Å². The Kier molecular flexibility index (Phi) is 1.48. The first-order valence-electron chi connectivity index (χ1n) is 5.17. The van der Waals surface area contributed by atoms with Crippen LogP contribution in [0.25, 0.3) is 0 Å². The van der Waals surface area contributed by atoms with Crippen molar-refractivity contribution in [1.82, 2.24) is 15.1 Å². The van der Waals surface area contributed by atoms with Crippen LogP contribution in [0.5, 0.6) is 0 Å². The molecule has 1 unspecified atom stereocenters. The van der Waals surface area contributed by atoms with Gasteiger partial charge in [0.05, 0.1) is 0 Å². The first-order chi connectivity index (χ1) is 5.92. The summed E-state index contributed by atoms with van der Waals surface area (Å²) in [6.07, 6.45) is 4.08. The third-order valence-electron chi connectivity index (χ3n) is 3.65. The summed E-state index contributed by atoms with van der Waals surface area (Å²) in [4.78, 5) is 5.28. The van der Waals surface area contributed by atoms with Crippen LogP contribution in [0, 0.1) is 0 Å². The molecule has 3 saturated heterocycles. The van der Waals surface area contributed by atoms with Crippen LogP contribution < -0.4 is 5.32 Å². The van der Waals surface area contributed by atoms with Gasteiger partial charge in [-0.1, -0.05) is 0 Å². The second-order valence-electron chi connectivity index (χ2n) is 4.17. The van der Waals surface area contributed by atoms with E-state index in [1.54, 1.807) is 0 Å². The van der Waals surface area contributed by atoms with E-state index in [4.69, 9.17) is 0 Å². The van der Waals surface area contributed by atoms with Gasteiger partial charge >= 0.3 is 0 Å². The monoisotopic (exact) mass is 167 g/mol. The lowest BCUT2D eigenvalue weighted by Gasteiger charge is -2.46. The van der Waals surface area contributed by atoms with Crippen molar-refractivity contribution in [2.24, 2.45) is 0 Å². The van der Waals surface area contributed by atoms with E-state index in [1.807, 2.05) is 0 Å². The SMILES string of the molecule is C1CN2CCCC23NCCN3C1. The molecule has 3 fully saturated rings. The summed E-state index contributed by atoms with van der Waals surface area (Å²) >= 11 is 0. The molecule has 0 aromatic rings. The van der Waals surface area contributed by atoms with Crippen molar-refractivity contribution in [3.05, 3.63) is 0 Å². The number of nitrogens with one attached hydrogen (secondary N) is 1. The molecule has 3 heterocycles. The van der Waals surface area contributed by atoms with Crippen LogP contribution in [0.4, 0.5) is 0 Å². The van der Waals surface area contributed by atoms with Crippen molar-refractivity contribution in [2.75, 3.05) is 32.7 Å². The number of hydrogen-bond donors (Lipinski definition) is 1. The summed E-state index contributed by atoms with van der Waals surface area (Å²) in [5, 5.41) is 3.69. The molecule has 3 heteroatoms. The van der Waals surface area contributed by atoms with Gasteiger partial charge in [0.25, 0.3) is 0 Å². The van der Waals surface area contributed by atoms with E-state index in [-0.39, 0.29) is 0 Å². The molecule has 0 aromatic heterocycles. The first kappa shape index (κ1) is 7.30. The van der Waals surface area contributed by atoms with Crippen molar-refractivity contribution in [2.45, 2.75) is 25.0 Å². The topological polar surface area (TPSA) is 18.5 Å². The van der Waals surface area contributed by atoms with Crippen LogP contribution in [0.1, 0.15) is 19.3 Å². The van der Waals surface area contributed by atoms with Crippen molar-refractivity contribution in [1.29, 1.82) is 0 Å². The van der Waals surface area contributed by atoms with Gasteiger partial charge in [0.1, 0.15) is 5.79 Å². The Hall–Kier alpha value is -0.120. The third-order valence-corrected chi connectivity index (χ3v) is 3.65. The second kappa shape index (κ2) is 2.44. The minimum Gasteiger partial charge on any atom is -0.285 e. The summed E-state index contributed by atoms with van der Waals surface area (Å²) in [5.41, 5.74) is 0. The molecule has 3 nitrogen and oxygen atoms in total. The summed E-state index contributed by atoms with van der Waals surface area (Å²) in [6, 6.07) is 0. The van der Waals surface area contributed by atoms with E-state index in [0.717, 1.165) is 0 Å². The Morgan fingerprint density at radius 2 is 1.67 bits per heavy atom. The van der Waals surface area contributed by atoms with E-state index < -0.39 is 0 Å². The van der Waals surface area contributed by atoms with E-state index in [0.29, 0.717) is 5.79 Å². The zero-order valence-electron chi connectivity index (χ0n) is 7.55. The maximum atomic E-state index is 3.69. The molecule has 0 saturated carbocycles. The molecule has 1 atom stereocenters. The third kappa shape index (κ3) is 0.767. The van der Waals surface area contributed by atoms with E-state index in [1.165, 1.54) is 52.0 Å². The molecule has 12 heavy (non-hydrogen) atoms. The minimum atomic E-state index is 0.318. The average molecular weight is 167 g/mol. The molecule has 1 N–H and O–H groups in total. The highest BCUT2D eigenvalue weighted by atomic mass is 15.6. The highest BCUT2D eigenvalue weighted by molar-refractivity contribution is 5.00. The Labute approximate surface area is 73.7 Å². The summed E-state index contributed by atoms with van der Waals surface area (Å²) < 4.78 is 0. The quantitative estimate of drug-likeness (QED) is 0.550. The van der Waals surface area contributed by atoms with Crippen LogP contribution in [0.2, 0.25) is 0 Å². The van der Waals surface area contributed by atoms with E-state index >= 15 is 0 Å².